The van der Waals surface area contributed by atoms with E-state index in [0.29, 0.717) is 17.3 Å². The summed E-state index contributed by atoms with van der Waals surface area (Å²) in [6.07, 6.45) is 1.47. The molecule has 0 spiro atoms. The maximum absolute atomic E-state index is 12.0. The van der Waals surface area contributed by atoms with Crippen LogP contribution in [-0.2, 0) is 11.2 Å². The van der Waals surface area contributed by atoms with Crippen LogP contribution in [0.15, 0.2) is 30.6 Å². The molecule has 0 aliphatic heterocycles. The van der Waals surface area contributed by atoms with E-state index in [1.807, 2.05) is 0 Å². The number of anilines is 1. The number of nitrogens with zero attached hydrogens (tertiary/aromatic N) is 2. The molecular formula is C14H14ClN3O3. The summed E-state index contributed by atoms with van der Waals surface area (Å²) in [7, 11) is 3.10. The minimum absolute atomic E-state index is 0.183. The van der Waals surface area contributed by atoms with Gasteiger partial charge in [0.1, 0.15) is 17.3 Å². The SMILES string of the molecule is COc1ccc(CC(=O)Nc2cc(Cl)ncn2)cc1OC. The van der Waals surface area contributed by atoms with Gasteiger partial charge in [0.25, 0.3) is 0 Å². The Morgan fingerprint density at radius 1 is 1.19 bits per heavy atom. The fourth-order valence-electron chi connectivity index (χ4n) is 1.76. The first-order valence-electron chi connectivity index (χ1n) is 6.10. The summed E-state index contributed by atoms with van der Waals surface area (Å²) in [5.41, 5.74) is 0.797. The zero-order valence-electron chi connectivity index (χ0n) is 11.6. The van der Waals surface area contributed by atoms with E-state index in [1.54, 1.807) is 32.4 Å². The lowest BCUT2D eigenvalue weighted by molar-refractivity contribution is -0.115. The Kier molecular flexibility index (Phi) is 4.94. The molecule has 1 aromatic heterocycles. The molecule has 6 nitrogen and oxygen atoms in total. The minimum atomic E-state index is -0.211. The molecule has 0 saturated carbocycles. The summed E-state index contributed by atoms with van der Waals surface area (Å²) in [5, 5.41) is 2.92. The summed E-state index contributed by atoms with van der Waals surface area (Å²) >= 11 is 5.73. The van der Waals surface area contributed by atoms with Crippen molar-refractivity contribution in [1.29, 1.82) is 0 Å². The number of hydrogen-bond acceptors (Lipinski definition) is 5. The third-order valence-corrected chi connectivity index (χ3v) is 2.92. The molecule has 2 rings (SSSR count). The first-order valence-corrected chi connectivity index (χ1v) is 6.48. The zero-order valence-corrected chi connectivity index (χ0v) is 12.3. The Hall–Kier alpha value is -2.34. The highest BCUT2D eigenvalue weighted by molar-refractivity contribution is 6.29. The molecule has 0 atom stereocenters. The number of benzene rings is 1. The van der Waals surface area contributed by atoms with Crippen LogP contribution in [0, 0.1) is 0 Å². The monoisotopic (exact) mass is 307 g/mol. The van der Waals surface area contributed by atoms with Gasteiger partial charge in [0, 0.05) is 6.07 Å². The predicted octanol–water partition coefficient (Wildman–Crippen LogP) is 2.33. The Labute approximate surface area is 127 Å². The van der Waals surface area contributed by atoms with E-state index in [2.05, 4.69) is 15.3 Å². The molecule has 2 aromatic rings. The molecule has 1 heterocycles. The van der Waals surface area contributed by atoms with Crippen molar-refractivity contribution in [3.05, 3.63) is 41.3 Å². The predicted molar refractivity (Wildman–Crippen MR) is 78.9 cm³/mol. The molecule has 0 aliphatic carbocycles. The van der Waals surface area contributed by atoms with Crippen molar-refractivity contribution in [3.63, 3.8) is 0 Å². The van der Waals surface area contributed by atoms with Gasteiger partial charge in [0.15, 0.2) is 11.5 Å². The quantitative estimate of drug-likeness (QED) is 0.858. The molecule has 0 radical (unpaired) electrons. The summed E-state index contributed by atoms with van der Waals surface area (Å²) in [4.78, 5) is 19.6. The standard InChI is InChI=1S/C14H14ClN3O3/c1-20-10-4-3-9(5-11(10)21-2)6-14(19)18-13-7-12(15)16-8-17-13/h3-5,7-8H,6H2,1-2H3,(H,16,17,18,19). The molecular weight excluding hydrogens is 294 g/mol. The highest BCUT2D eigenvalue weighted by Gasteiger charge is 2.09. The van der Waals surface area contributed by atoms with E-state index in [1.165, 1.54) is 12.4 Å². The van der Waals surface area contributed by atoms with E-state index in [4.69, 9.17) is 21.1 Å². The topological polar surface area (TPSA) is 73.3 Å². The molecule has 110 valence electrons. The zero-order chi connectivity index (χ0) is 15.2. The van der Waals surface area contributed by atoms with Crippen molar-refractivity contribution in [1.82, 2.24) is 9.97 Å². The molecule has 0 unspecified atom stereocenters. The number of carbonyl (C=O) groups is 1. The molecule has 1 N–H and O–H groups in total. The van der Waals surface area contributed by atoms with E-state index in [9.17, 15) is 4.79 Å². The second kappa shape index (κ2) is 6.90. The average Bonchev–Trinajstić information content (AvgIpc) is 2.47. The van der Waals surface area contributed by atoms with Gasteiger partial charge in [-0.2, -0.15) is 0 Å². The molecule has 1 aromatic carbocycles. The maximum atomic E-state index is 12.0. The molecule has 0 fully saturated rings. The fourth-order valence-corrected chi connectivity index (χ4v) is 1.91. The summed E-state index contributed by atoms with van der Waals surface area (Å²) in [6, 6.07) is 6.79. The Morgan fingerprint density at radius 3 is 2.62 bits per heavy atom. The van der Waals surface area contributed by atoms with Gasteiger partial charge in [-0.3, -0.25) is 4.79 Å². The first kappa shape index (κ1) is 15.1. The lowest BCUT2D eigenvalue weighted by Gasteiger charge is -2.09. The van der Waals surface area contributed by atoms with Gasteiger partial charge >= 0.3 is 0 Å². The molecule has 1 amide bonds. The average molecular weight is 308 g/mol. The molecule has 0 bridgehead atoms. The van der Waals surface area contributed by atoms with Crippen LogP contribution in [0.4, 0.5) is 5.82 Å². The highest BCUT2D eigenvalue weighted by atomic mass is 35.5. The largest absolute Gasteiger partial charge is 0.493 e. The lowest BCUT2D eigenvalue weighted by Crippen LogP contribution is -2.15. The number of hydrogen-bond donors (Lipinski definition) is 1. The van der Waals surface area contributed by atoms with Crippen molar-refractivity contribution < 1.29 is 14.3 Å². The van der Waals surface area contributed by atoms with Crippen LogP contribution in [0.25, 0.3) is 0 Å². The van der Waals surface area contributed by atoms with Crippen molar-refractivity contribution in [2.75, 3.05) is 19.5 Å². The van der Waals surface area contributed by atoms with Gasteiger partial charge in [-0.25, -0.2) is 9.97 Å². The van der Waals surface area contributed by atoms with Crippen LogP contribution < -0.4 is 14.8 Å². The number of aromatic nitrogens is 2. The number of carbonyl (C=O) groups excluding carboxylic acids is 1. The molecule has 0 aliphatic rings. The first-order chi connectivity index (χ1) is 10.1. The second-order valence-corrected chi connectivity index (χ2v) is 4.53. The van der Waals surface area contributed by atoms with E-state index in [-0.39, 0.29) is 17.5 Å². The number of nitrogens with one attached hydrogen (secondary N) is 1. The smallest absolute Gasteiger partial charge is 0.229 e. The Bertz CT molecular complexity index is 649. The Morgan fingerprint density at radius 2 is 1.95 bits per heavy atom. The normalized spacial score (nSPS) is 10.0. The molecule has 21 heavy (non-hydrogen) atoms. The fraction of sp³-hybridized carbons (Fsp3) is 0.214. The maximum Gasteiger partial charge on any atom is 0.229 e. The van der Waals surface area contributed by atoms with Crippen LogP contribution in [0.2, 0.25) is 5.15 Å². The third kappa shape index (κ3) is 4.06. The van der Waals surface area contributed by atoms with Crippen LogP contribution in [-0.4, -0.2) is 30.1 Å². The van der Waals surface area contributed by atoms with Crippen LogP contribution in [0.1, 0.15) is 5.56 Å². The summed E-state index contributed by atoms with van der Waals surface area (Å²) in [6.45, 7) is 0. The lowest BCUT2D eigenvalue weighted by atomic mass is 10.1. The van der Waals surface area contributed by atoms with E-state index < -0.39 is 0 Å². The van der Waals surface area contributed by atoms with Gasteiger partial charge in [0.05, 0.1) is 20.6 Å². The number of halogens is 1. The summed E-state index contributed by atoms with van der Waals surface area (Å²) in [5.74, 6) is 1.34. The second-order valence-electron chi connectivity index (χ2n) is 4.14. The van der Waals surface area contributed by atoms with Gasteiger partial charge < -0.3 is 14.8 Å². The molecule has 0 saturated heterocycles. The van der Waals surface area contributed by atoms with Gasteiger partial charge in [0.2, 0.25) is 5.91 Å². The molecule has 7 heteroatoms. The van der Waals surface area contributed by atoms with Crippen LogP contribution in [0.5, 0.6) is 11.5 Å². The highest BCUT2D eigenvalue weighted by Crippen LogP contribution is 2.27. The number of methoxy groups -OCH3 is 2. The van der Waals surface area contributed by atoms with Crippen LogP contribution >= 0.6 is 11.6 Å². The van der Waals surface area contributed by atoms with Gasteiger partial charge in [-0.1, -0.05) is 17.7 Å². The minimum Gasteiger partial charge on any atom is -0.493 e. The number of amides is 1. The van der Waals surface area contributed by atoms with Crippen molar-refractivity contribution in [2.45, 2.75) is 6.42 Å². The van der Waals surface area contributed by atoms with Crippen molar-refractivity contribution in [2.24, 2.45) is 0 Å². The number of ether oxygens (including phenoxy) is 2. The van der Waals surface area contributed by atoms with Crippen molar-refractivity contribution in [3.8, 4) is 11.5 Å². The third-order valence-electron chi connectivity index (χ3n) is 2.71. The van der Waals surface area contributed by atoms with Crippen molar-refractivity contribution >= 4 is 23.3 Å². The van der Waals surface area contributed by atoms with E-state index in [0.717, 1.165) is 5.56 Å². The van der Waals surface area contributed by atoms with Gasteiger partial charge in [-0.05, 0) is 17.7 Å². The van der Waals surface area contributed by atoms with E-state index >= 15 is 0 Å². The summed E-state index contributed by atoms with van der Waals surface area (Å²) < 4.78 is 10.3. The Balaban J connectivity index is 2.06. The van der Waals surface area contributed by atoms with Gasteiger partial charge in [-0.15, -0.1) is 0 Å². The van der Waals surface area contributed by atoms with Crippen LogP contribution in [0.3, 0.4) is 0 Å². The number of rotatable bonds is 5.